The van der Waals surface area contributed by atoms with Crippen molar-refractivity contribution >= 4 is 24.8 Å². The van der Waals surface area contributed by atoms with Crippen LogP contribution in [0.4, 0.5) is 0 Å². The highest BCUT2D eigenvalue weighted by atomic mass is 35.5. The van der Waals surface area contributed by atoms with E-state index in [1.54, 1.807) is 0 Å². The Morgan fingerprint density at radius 3 is 2.75 bits per heavy atom. The molecule has 1 saturated heterocycles. The molecule has 3 nitrogen and oxygen atoms in total. The number of piperidine rings is 1. The molecular formula is C11H16Cl2N2O. The molecule has 1 aromatic rings. The highest BCUT2D eigenvalue weighted by Crippen LogP contribution is 2.43. The fourth-order valence-corrected chi connectivity index (χ4v) is 2.55. The predicted octanol–water partition coefficient (Wildman–Crippen LogP) is 1.94. The van der Waals surface area contributed by atoms with Crippen LogP contribution in [0.3, 0.4) is 0 Å². The fourth-order valence-electron chi connectivity index (χ4n) is 2.55. The first-order chi connectivity index (χ1) is 6.91. The SMILES string of the molecule is Cl.Cl.c1cc2c(cn1)OCC21CCNCC1. The van der Waals surface area contributed by atoms with Crippen LogP contribution in [0.1, 0.15) is 18.4 Å². The number of halogens is 2. The molecule has 0 aliphatic carbocycles. The summed E-state index contributed by atoms with van der Waals surface area (Å²) in [7, 11) is 0. The summed E-state index contributed by atoms with van der Waals surface area (Å²) < 4.78 is 5.70. The molecule has 0 bridgehead atoms. The molecule has 1 fully saturated rings. The molecule has 0 unspecified atom stereocenters. The van der Waals surface area contributed by atoms with Gasteiger partial charge in [-0.15, -0.1) is 24.8 Å². The molecule has 1 N–H and O–H groups in total. The molecule has 2 aliphatic heterocycles. The molecule has 1 aromatic heterocycles. The number of pyridine rings is 1. The summed E-state index contributed by atoms with van der Waals surface area (Å²) >= 11 is 0. The summed E-state index contributed by atoms with van der Waals surface area (Å²) in [5.74, 6) is 0.995. The Hall–Kier alpha value is -0.510. The van der Waals surface area contributed by atoms with E-state index < -0.39 is 0 Å². The molecule has 0 atom stereocenters. The number of rotatable bonds is 0. The van der Waals surface area contributed by atoms with E-state index in [2.05, 4.69) is 16.4 Å². The predicted molar refractivity (Wildman–Crippen MR) is 68.0 cm³/mol. The third-order valence-electron chi connectivity index (χ3n) is 3.42. The first-order valence-electron chi connectivity index (χ1n) is 5.19. The van der Waals surface area contributed by atoms with Gasteiger partial charge in [0.05, 0.1) is 12.8 Å². The lowest BCUT2D eigenvalue weighted by atomic mass is 9.75. The Labute approximate surface area is 108 Å². The molecule has 16 heavy (non-hydrogen) atoms. The van der Waals surface area contributed by atoms with E-state index in [1.807, 2.05) is 12.4 Å². The van der Waals surface area contributed by atoms with Gasteiger partial charge in [0.25, 0.3) is 0 Å². The van der Waals surface area contributed by atoms with Gasteiger partial charge in [-0.3, -0.25) is 4.98 Å². The van der Waals surface area contributed by atoms with E-state index in [-0.39, 0.29) is 30.2 Å². The minimum absolute atomic E-state index is 0. The summed E-state index contributed by atoms with van der Waals surface area (Å²) in [5, 5.41) is 3.40. The summed E-state index contributed by atoms with van der Waals surface area (Å²) in [6, 6.07) is 2.12. The molecule has 0 aromatic carbocycles. The van der Waals surface area contributed by atoms with Gasteiger partial charge in [0.1, 0.15) is 5.75 Å². The van der Waals surface area contributed by atoms with Crippen LogP contribution < -0.4 is 10.1 Å². The average Bonchev–Trinajstić information content (AvgIpc) is 2.60. The van der Waals surface area contributed by atoms with E-state index >= 15 is 0 Å². The zero-order valence-electron chi connectivity index (χ0n) is 8.94. The Morgan fingerprint density at radius 2 is 2.00 bits per heavy atom. The van der Waals surface area contributed by atoms with Crippen LogP contribution in [0.2, 0.25) is 0 Å². The molecule has 3 rings (SSSR count). The number of ether oxygens (including phenoxy) is 1. The van der Waals surface area contributed by atoms with Crippen LogP contribution >= 0.6 is 24.8 Å². The van der Waals surface area contributed by atoms with Crippen LogP contribution in [0.25, 0.3) is 0 Å². The van der Waals surface area contributed by atoms with Gasteiger partial charge in [-0.1, -0.05) is 0 Å². The first kappa shape index (κ1) is 13.6. The number of hydrogen-bond acceptors (Lipinski definition) is 3. The maximum Gasteiger partial charge on any atom is 0.141 e. The average molecular weight is 263 g/mol. The second-order valence-corrected chi connectivity index (χ2v) is 4.19. The van der Waals surface area contributed by atoms with Crippen LogP contribution in [0, 0.1) is 0 Å². The Morgan fingerprint density at radius 1 is 1.25 bits per heavy atom. The lowest BCUT2D eigenvalue weighted by Gasteiger charge is -2.32. The lowest BCUT2D eigenvalue weighted by Crippen LogP contribution is -2.40. The number of nitrogens with zero attached hydrogens (tertiary/aromatic N) is 1. The molecule has 0 radical (unpaired) electrons. The number of fused-ring (bicyclic) bond motifs is 2. The Bertz CT molecular complexity index is 348. The third kappa shape index (κ3) is 1.99. The van der Waals surface area contributed by atoms with Gasteiger partial charge in [0.2, 0.25) is 0 Å². The molecule has 0 amide bonds. The summed E-state index contributed by atoms with van der Waals surface area (Å²) in [4.78, 5) is 4.09. The van der Waals surface area contributed by atoms with Crippen molar-refractivity contribution in [1.29, 1.82) is 0 Å². The minimum atomic E-state index is 0. The normalized spacial score (nSPS) is 20.2. The fraction of sp³-hybridized carbons (Fsp3) is 0.545. The van der Waals surface area contributed by atoms with Gasteiger partial charge >= 0.3 is 0 Å². The van der Waals surface area contributed by atoms with Crippen molar-refractivity contribution in [2.75, 3.05) is 19.7 Å². The Balaban J connectivity index is 0.000000640. The van der Waals surface area contributed by atoms with E-state index in [1.165, 1.54) is 18.4 Å². The van der Waals surface area contributed by atoms with Crippen molar-refractivity contribution in [2.45, 2.75) is 18.3 Å². The van der Waals surface area contributed by atoms with Gasteiger partial charge in [-0.25, -0.2) is 0 Å². The van der Waals surface area contributed by atoms with Crippen LogP contribution in [-0.2, 0) is 5.41 Å². The van der Waals surface area contributed by atoms with Gasteiger partial charge in [0, 0.05) is 17.2 Å². The molecule has 2 aliphatic rings. The lowest BCUT2D eigenvalue weighted by molar-refractivity contribution is 0.220. The van der Waals surface area contributed by atoms with Crippen molar-refractivity contribution in [1.82, 2.24) is 10.3 Å². The molecule has 90 valence electrons. The zero-order chi connectivity index (χ0) is 9.43. The van der Waals surface area contributed by atoms with Crippen molar-refractivity contribution in [3.63, 3.8) is 0 Å². The smallest absolute Gasteiger partial charge is 0.141 e. The van der Waals surface area contributed by atoms with Crippen molar-refractivity contribution < 1.29 is 4.74 Å². The summed E-state index contributed by atoms with van der Waals surface area (Å²) in [6.45, 7) is 3.05. The highest BCUT2D eigenvalue weighted by molar-refractivity contribution is 5.85. The van der Waals surface area contributed by atoms with Crippen LogP contribution in [0.15, 0.2) is 18.5 Å². The molecule has 5 heteroatoms. The summed E-state index contributed by atoms with van der Waals surface area (Å²) in [5.41, 5.74) is 1.65. The number of aromatic nitrogens is 1. The monoisotopic (exact) mass is 262 g/mol. The second-order valence-electron chi connectivity index (χ2n) is 4.19. The summed E-state index contributed by atoms with van der Waals surface area (Å²) in [6.07, 6.45) is 6.08. The minimum Gasteiger partial charge on any atom is -0.491 e. The van der Waals surface area contributed by atoms with Gasteiger partial charge in [0.15, 0.2) is 0 Å². The van der Waals surface area contributed by atoms with E-state index in [0.717, 1.165) is 25.4 Å². The van der Waals surface area contributed by atoms with Crippen molar-refractivity contribution in [3.8, 4) is 5.75 Å². The molecule has 0 saturated carbocycles. The second kappa shape index (κ2) is 5.21. The molecular weight excluding hydrogens is 247 g/mol. The zero-order valence-corrected chi connectivity index (χ0v) is 10.6. The maximum absolute atomic E-state index is 5.70. The molecule has 1 spiro atoms. The van der Waals surface area contributed by atoms with Crippen molar-refractivity contribution in [2.24, 2.45) is 0 Å². The first-order valence-corrected chi connectivity index (χ1v) is 5.19. The third-order valence-corrected chi connectivity index (χ3v) is 3.42. The van der Waals surface area contributed by atoms with Crippen LogP contribution in [0.5, 0.6) is 5.75 Å². The van der Waals surface area contributed by atoms with Crippen molar-refractivity contribution in [3.05, 3.63) is 24.0 Å². The van der Waals surface area contributed by atoms with E-state index in [9.17, 15) is 0 Å². The molecule has 3 heterocycles. The van der Waals surface area contributed by atoms with E-state index in [4.69, 9.17) is 4.74 Å². The maximum atomic E-state index is 5.70. The number of hydrogen-bond donors (Lipinski definition) is 1. The quantitative estimate of drug-likeness (QED) is 0.776. The van der Waals surface area contributed by atoms with E-state index in [0.29, 0.717) is 0 Å². The number of nitrogens with one attached hydrogen (secondary N) is 1. The largest absolute Gasteiger partial charge is 0.491 e. The van der Waals surface area contributed by atoms with Gasteiger partial charge < -0.3 is 10.1 Å². The van der Waals surface area contributed by atoms with Gasteiger partial charge in [-0.05, 0) is 32.0 Å². The van der Waals surface area contributed by atoms with Crippen LogP contribution in [-0.4, -0.2) is 24.7 Å². The standard InChI is InChI=1S/C11H14N2O.2ClH/c1-4-13-7-10-9(1)11(8-14-10)2-5-12-6-3-11;;/h1,4,7,12H,2-3,5-6,8H2;2*1H. The Kier molecular flexibility index (Phi) is 4.42. The highest BCUT2D eigenvalue weighted by Gasteiger charge is 2.41. The topological polar surface area (TPSA) is 34.1 Å². The van der Waals surface area contributed by atoms with Gasteiger partial charge in [-0.2, -0.15) is 0 Å².